The van der Waals surface area contributed by atoms with Crippen molar-refractivity contribution in [3.8, 4) is 0 Å². The van der Waals surface area contributed by atoms with Crippen LogP contribution in [0, 0.1) is 10.1 Å². The van der Waals surface area contributed by atoms with Crippen LogP contribution < -0.4 is 5.32 Å². The van der Waals surface area contributed by atoms with Gasteiger partial charge >= 0.3 is 5.97 Å². The second-order valence-electron chi connectivity index (χ2n) is 3.96. The van der Waals surface area contributed by atoms with Crippen LogP contribution >= 0.6 is 0 Å². The maximum absolute atomic E-state index is 11.5. The maximum Gasteiger partial charge on any atom is 0.326 e. The summed E-state index contributed by atoms with van der Waals surface area (Å²) < 4.78 is 0. The standard InChI is InChI=1S/C13H14N2O5/c1-2-10(13(17)18)14-12(16)8-7-9-5-3-4-6-11(9)15(19)20/h3-8,10H,2H2,1H3,(H,14,16)(H,17,18)/t10-/m1/s1. The average Bonchev–Trinajstić information content (AvgIpc) is 2.42. The van der Waals surface area contributed by atoms with Gasteiger partial charge in [0, 0.05) is 12.1 Å². The second kappa shape index (κ2) is 7.03. The van der Waals surface area contributed by atoms with E-state index in [1.807, 2.05) is 0 Å². The lowest BCUT2D eigenvalue weighted by Crippen LogP contribution is -2.39. The highest BCUT2D eigenvalue weighted by molar-refractivity contribution is 5.94. The van der Waals surface area contributed by atoms with E-state index in [1.54, 1.807) is 13.0 Å². The van der Waals surface area contributed by atoms with Crippen LogP contribution in [0.25, 0.3) is 6.08 Å². The van der Waals surface area contributed by atoms with Crippen LogP contribution in [0.4, 0.5) is 5.69 Å². The Balaban J connectivity index is 2.80. The number of nitrogens with one attached hydrogen (secondary N) is 1. The number of para-hydroxylation sites is 1. The minimum atomic E-state index is -1.13. The van der Waals surface area contributed by atoms with Gasteiger partial charge in [0.25, 0.3) is 5.69 Å². The van der Waals surface area contributed by atoms with Crippen molar-refractivity contribution >= 4 is 23.6 Å². The fourth-order valence-electron chi connectivity index (χ4n) is 1.52. The van der Waals surface area contributed by atoms with Gasteiger partial charge in [-0.3, -0.25) is 14.9 Å². The number of rotatable bonds is 6. The molecule has 0 saturated heterocycles. The van der Waals surface area contributed by atoms with Crippen molar-refractivity contribution in [3.05, 3.63) is 46.0 Å². The van der Waals surface area contributed by atoms with E-state index >= 15 is 0 Å². The van der Waals surface area contributed by atoms with Gasteiger partial charge in [-0.1, -0.05) is 19.1 Å². The largest absolute Gasteiger partial charge is 0.480 e. The monoisotopic (exact) mass is 278 g/mol. The van der Waals surface area contributed by atoms with Crippen molar-refractivity contribution in [1.82, 2.24) is 5.32 Å². The number of carboxylic acid groups (broad SMARTS) is 1. The number of nitro groups is 1. The van der Waals surface area contributed by atoms with E-state index in [-0.39, 0.29) is 17.7 Å². The molecule has 0 aromatic heterocycles. The molecule has 1 rings (SSSR count). The Morgan fingerprint density at radius 1 is 1.45 bits per heavy atom. The number of benzene rings is 1. The number of hydrogen-bond donors (Lipinski definition) is 2. The first-order chi connectivity index (χ1) is 9.45. The molecule has 1 amide bonds. The molecule has 0 radical (unpaired) electrons. The molecule has 7 nitrogen and oxygen atoms in total. The first-order valence-corrected chi connectivity index (χ1v) is 5.90. The van der Waals surface area contributed by atoms with Gasteiger partial charge < -0.3 is 10.4 Å². The smallest absolute Gasteiger partial charge is 0.326 e. The molecule has 106 valence electrons. The van der Waals surface area contributed by atoms with Crippen LogP contribution in [0.5, 0.6) is 0 Å². The Kier molecular flexibility index (Phi) is 5.40. The van der Waals surface area contributed by atoms with E-state index in [0.717, 1.165) is 6.08 Å². The molecule has 1 atom stereocenters. The Morgan fingerprint density at radius 3 is 2.65 bits per heavy atom. The quantitative estimate of drug-likeness (QED) is 0.466. The lowest BCUT2D eigenvalue weighted by Gasteiger charge is -2.09. The second-order valence-corrected chi connectivity index (χ2v) is 3.96. The maximum atomic E-state index is 11.5. The molecule has 0 aliphatic rings. The molecule has 20 heavy (non-hydrogen) atoms. The number of hydrogen-bond acceptors (Lipinski definition) is 4. The normalized spacial score (nSPS) is 12.1. The molecule has 0 aliphatic heterocycles. The summed E-state index contributed by atoms with van der Waals surface area (Å²) in [4.78, 5) is 32.5. The summed E-state index contributed by atoms with van der Waals surface area (Å²) in [7, 11) is 0. The van der Waals surface area contributed by atoms with E-state index in [9.17, 15) is 19.7 Å². The minimum absolute atomic E-state index is 0.123. The Morgan fingerprint density at radius 2 is 2.10 bits per heavy atom. The van der Waals surface area contributed by atoms with Gasteiger partial charge in [-0.25, -0.2) is 4.79 Å². The van der Waals surface area contributed by atoms with Crippen molar-refractivity contribution in [2.45, 2.75) is 19.4 Å². The van der Waals surface area contributed by atoms with Crippen LogP contribution in [0.1, 0.15) is 18.9 Å². The zero-order valence-corrected chi connectivity index (χ0v) is 10.8. The first-order valence-electron chi connectivity index (χ1n) is 5.90. The predicted octanol–water partition coefficient (Wildman–Crippen LogP) is 1.59. The molecule has 0 saturated carbocycles. The highest BCUT2D eigenvalue weighted by Gasteiger charge is 2.16. The summed E-state index contributed by atoms with van der Waals surface area (Å²) in [5, 5.41) is 21.9. The molecule has 1 aromatic rings. The number of amides is 1. The average molecular weight is 278 g/mol. The fraction of sp³-hybridized carbons (Fsp3) is 0.231. The van der Waals surface area contributed by atoms with E-state index in [0.29, 0.717) is 0 Å². The van der Waals surface area contributed by atoms with Gasteiger partial charge in [-0.05, 0) is 18.6 Å². The third-order valence-corrected chi connectivity index (χ3v) is 2.57. The molecule has 0 bridgehead atoms. The third-order valence-electron chi connectivity index (χ3n) is 2.57. The van der Waals surface area contributed by atoms with Crippen LogP contribution in [-0.4, -0.2) is 27.9 Å². The van der Waals surface area contributed by atoms with Gasteiger partial charge in [-0.15, -0.1) is 0 Å². The van der Waals surface area contributed by atoms with Crippen molar-refractivity contribution < 1.29 is 19.6 Å². The molecule has 0 unspecified atom stereocenters. The summed E-state index contributed by atoms with van der Waals surface area (Å²) >= 11 is 0. The third kappa shape index (κ3) is 4.20. The molecule has 1 aromatic carbocycles. The van der Waals surface area contributed by atoms with Crippen LogP contribution in [0.3, 0.4) is 0 Å². The number of nitrogens with zero attached hydrogens (tertiary/aromatic N) is 1. The Hall–Kier alpha value is -2.70. The lowest BCUT2D eigenvalue weighted by molar-refractivity contribution is -0.385. The summed E-state index contributed by atoms with van der Waals surface area (Å²) in [5.41, 5.74) is 0.151. The molecule has 0 spiro atoms. The van der Waals surface area contributed by atoms with E-state index in [2.05, 4.69) is 5.32 Å². The molecular formula is C13H14N2O5. The number of nitro benzene ring substituents is 1. The van der Waals surface area contributed by atoms with E-state index < -0.39 is 22.8 Å². The summed E-state index contributed by atoms with van der Waals surface area (Å²) in [6.07, 6.45) is 2.61. The Labute approximate surface area is 115 Å². The highest BCUT2D eigenvalue weighted by Crippen LogP contribution is 2.18. The van der Waals surface area contributed by atoms with E-state index in [1.165, 1.54) is 24.3 Å². The molecular weight excluding hydrogens is 264 g/mol. The van der Waals surface area contributed by atoms with Crippen molar-refractivity contribution in [2.24, 2.45) is 0 Å². The topological polar surface area (TPSA) is 110 Å². The first kappa shape index (κ1) is 15.4. The predicted molar refractivity (Wildman–Crippen MR) is 72.0 cm³/mol. The number of carboxylic acids is 1. The minimum Gasteiger partial charge on any atom is -0.480 e. The Bertz CT molecular complexity index is 553. The number of carbonyl (C=O) groups is 2. The lowest BCUT2D eigenvalue weighted by atomic mass is 10.1. The van der Waals surface area contributed by atoms with Gasteiger partial charge in [0.2, 0.25) is 5.91 Å². The summed E-state index contributed by atoms with van der Waals surface area (Å²) in [6.45, 7) is 1.63. The molecule has 7 heteroatoms. The highest BCUT2D eigenvalue weighted by atomic mass is 16.6. The summed E-state index contributed by atoms with van der Waals surface area (Å²) in [6, 6.07) is 4.97. The van der Waals surface area contributed by atoms with Crippen molar-refractivity contribution in [3.63, 3.8) is 0 Å². The fourth-order valence-corrected chi connectivity index (χ4v) is 1.52. The summed E-state index contributed by atoms with van der Waals surface area (Å²) in [5.74, 6) is -1.74. The van der Waals surface area contributed by atoms with Crippen LogP contribution in [0.2, 0.25) is 0 Å². The molecule has 0 heterocycles. The molecule has 0 aliphatic carbocycles. The molecule has 2 N–H and O–H groups in total. The van der Waals surface area contributed by atoms with Gasteiger partial charge in [0.1, 0.15) is 6.04 Å². The number of aliphatic carboxylic acids is 1. The SMILES string of the molecule is CC[C@@H](NC(=O)C=Cc1ccccc1[N+](=O)[O-])C(=O)O. The van der Waals surface area contributed by atoms with Gasteiger partial charge in [0.05, 0.1) is 10.5 Å². The van der Waals surface area contributed by atoms with Gasteiger partial charge in [-0.2, -0.15) is 0 Å². The van der Waals surface area contributed by atoms with Crippen LogP contribution in [-0.2, 0) is 9.59 Å². The number of carbonyl (C=O) groups excluding carboxylic acids is 1. The van der Waals surface area contributed by atoms with Crippen molar-refractivity contribution in [1.29, 1.82) is 0 Å². The molecule has 0 fully saturated rings. The van der Waals surface area contributed by atoms with Crippen LogP contribution in [0.15, 0.2) is 30.3 Å². The van der Waals surface area contributed by atoms with Crippen molar-refractivity contribution in [2.75, 3.05) is 0 Å². The zero-order valence-electron chi connectivity index (χ0n) is 10.8. The van der Waals surface area contributed by atoms with E-state index in [4.69, 9.17) is 5.11 Å². The van der Waals surface area contributed by atoms with Gasteiger partial charge in [0.15, 0.2) is 0 Å². The zero-order chi connectivity index (χ0) is 15.1.